The Hall–Kier alpha value is -0.0800. The first kappa shape index (κ1) is 13.9. The van der Waals surface area contributed by atoms with E-state index in [1.807, 2.05) is 0 Å². The molecule has 0 aromatic rings. The van der Waals surface area contributed by atoms with Crippen LogP contribution < -0.4 is 17.0 Å². The molecule has 0 N–H and O–H groups in total. The second kappa shape index (κ2) is 5.72. The van der Waals surface area contributed by atoms with Crippen molar-refractivity contribution in [1.82, 2.24) is 0 Å². The van der Waals surface area contributed by atoms with Gasteiger partial charge in [0.25, 0.3) is 0 Å². The first-order chi connectivity index (χ1) is 6.13. The average Bonchev–Trinajstić information content (AvgIpc) is 2.29. The summed E-state index contributed by atoms with van der Waals surface area (Å²) in [5, 5.41) is 0. The summed E-state index contributed by atoms with van der Waals surface area (Å²) in [6.45, 7) is 17.5. The Balaban J connectivity index is 0.00000169. The van der Waals surface area contributed by atoms with Gasteiger partial charge in [-0.2, -0.15) is 0 Å². The average molecular weight is 260 g/mol. The fourth-order valence-corrected chi connectivity index (χ4v) is 2.47. The van der Waals surface area contributed by atoms with Crippen molar-refractivity contribution >= 4 is 0 Å². The van der Waals surface area contributed by atoms with Gasteiger partial charge in [-0.25, -0.2) is 0 Å². The first-order valence-corrected chi connectivity index (χ1v) is 5.34. The van der Waals surface area contributed by atoms with E-state index < -0.39 is 0 Å². The molecule has 0 unspecified atom stereocenters. The fraction of sp³-hybridized carbons (Fsp3) is 0.667. The van der Waals surface area contributed by atoms with E-state index in [4.69, 9.17) is 0 Å². The molecule has 0 atom stereocenters. The van der Waals surface area contributed by atoms with Gasteiger partial charge in [-0.05, 0) is 12.8 Å². The normalized spacial score (nSPS) is 19.6. The maximum absolute atomic E-state index is 4.08. The molecule has 14 heavy (non-hydrogen) atoms. The van der Waals surface area contributed by atoms with Gasteiger partial charge in [0, 0.05) is 11.1 Å². The van der Waals surface area contributed by atoms with E-state index in [0.717, 1.165) is 13.1 Å². The molecular weight excluding hydrogens is 238 g/mol. The van der Waals surface area contributed by atoms with Gasteiger partial charge in [0.1, 0.15) is 13.1 Å². The van der Waals surface area contributed by atoms with Gasteiger partial charge in [0.15, 0.2) is 0 Å². The van der Waals surface area contributed by atoms with Gasteiger partial charge in [-0.1, -0.05) is 27.0 Å². The van der Waals surface area contributed by atoms with Gasteiger partial charge in [-0.3, -0.25) is 0 Å². The maximum Gasteiger partial charge on any atom is 0.105 e. The monoisotopic (exact) mass is 259 g/mol. The smallest absolute Gasteiger partial charge is 0.105 e. The molecule has 0 aliphatic carbocycles. The number of hydrogen-bond acceptors (Lipinski definition) is 0. The molecule has 1 fully saturated rings. The second-order valence-electron chi connectivity index (χ2n) is 4.31. The highest BCUT2D eigenvalue weighted by atomic mass is 79.9. The number of nitrogens with zero attached hydrogens (tertiary/aromatic N) is 1. The Bertz CT molecular complexity index is 196. The Morgan fingerprint density at radius 3 is 1.64 bits per heavy atom. The fourth-order valence-electron chi connectivity index (χ4n) is 2.47. The molecule has 0 bridgehead atoms. The summed E-state index contributed by atoms with van der Waals surface area (Å²) in [5.41, 5.74) is 2.56. The zero-order valence-corrected chi connectivity index (χ0v) is 11.1. The van der Waals surface area contributed by atoms with Crippen LogP contribution in [0, 0.1) is 0 Å². The van der Waals surface area contributed by atoms with Crippen LogP contribution in [-0.2, 0) is 0 Å². The molecule has 0 spiro atoms. The van der Waals surface area contributed by atoms with Crippen LogP contribution in [0.1, 0.15) is 26.7 Å². The number of rotatable bonds is 4. The molecule has 1 aliphatic heterocycles. The summed E-state index contributed by atoms with van der Waals surface area (Å²) in [4.78, 5) is 0. The third-order valence-corrected chi connectivity index (χ3v) is 2.95. The van der Waals surface area contributed by atoms with Crippen molar-refractivity contribution in [2.45, 2.75) is 26.7 Å². The Morgan fingerprint density at radius 2 is 1.36 bits per heavy atom. The quantitative estimate of drug-likeness (QED) is 0.612. The van der Waals surface area contributed by atoms with Crippen LogP contribution in [-0.4, -0.2) is 30.7 Å². The van der Waals surface area contributed by atoms with Gasteiger partial charge in [0.05, 0.1) is 13.1 Å². The minimum Gasteiger partial charge on any atom is -1.00 e. The SMILES string of the molecule is C=C1C[N+](CCC)(CCC)CC1=C.[Br-]. The van der Waals surface area contributed by atoms with Crippen molar-refractivity contribution in [3.05, 3.63) is 24.3 Å². The maximum atomic E-state index is 4.08. The van der Waals surface area contributed by atoms with Crippen LogP contribution in [0.25, 0.3) is 0 Å². The zero-order valence-electron chi connectivity index (χ0n) is 9.48. The van der Waals surface area contributed by atoms with E-state index in [1.54, 1.807) is 0 Å². The van der Waals surface area contributed by atoms with Crippen LogP contribution in [0.4, 0.5) is 0 Å². The third kappa shape index (κ3) is 2.96. The van der Waals surface area contributed by atoms with Crippen molar-refractivity contribution in [2.24, 2.45) is 0 Å². The third-order valence-electron chi connectivity index (χ3n) is 2.95. The molecule has 0 amide bonds. The molecule has 1 heterocycles. The van der Waals surface area contributed by atoms with Gasteiger partial charge in [-0.15, -0.1) is 0 Å². The topological polar surface area (TPSA) is 0 Å². The minimum atomic E-state index is 0. The van der Waals surface area contributed by atoms with Crippen molar-refractivity contribution < 1.29 is 21.5 Å². The summed E-state index contributed by atoms with van der Waals surface area (Å²) < 4.78 is 1.21. The molecule has 2 heteroatoms. The zero-order chi connectivity index (χ0) is 9.90. The van der Waals surface area contributed by atoms with Crippen molar-refractivity contribution in [1.29, 1.82) is 0 Å². The van der Waals surface area contributed by atoms with E-state index in [2.05, 4.69) is 27.0 Å². The Kier molecular flexibility index (Phi) is 5.68. The summed E-state index contributed by atoms with van der Waals surface area (Å²) in [5.74, 6) is 0. The van der Waals surface area contributed by atoms with E-state index in [9.17, 15) is 0 Å². The van der Waals surface area contributed by atoms with E-state index >= 15 is 0 Å². The lowest BCUT2D eigenvalue weighted by Gasteiger charge is -2.33. The molecule has 0 saturated carbocycles. The van der Waals surface area contributed by atoms with Crippen molar-refractivity contribution in [3.63, 3.8) is 0 Å². The lowest BCUT2D eigenvalue weighted by Crippen LogP contribution is -3.00. The molecule has 1 rings (SSSR count). The van der Waals surface area contributed by atoms with Gasteiger partial charge >= 0.3 is 0 Å². The van der Waals surface area contributed by atoms with E-state index in [1.165, 1.54) is 41.6 Å². The highest BCUT2D eigenvalue weighted by molar-refractivity contribution is 5.29. The standard InChI is InChI=1S/C12H22N.BrH/c1-5-7-13(8-6-2)9-11(3)12(4)10-13;/h3-10H2,1-2H3;1H/q+1;/p-1. The van der Waals surface area contributed by atoms with E-state index in [0.29, 0.717) is 0 Å². The lowest BCUT2D eigenvalue weighted by atomic mass is 10.2. The molecule has 0 aromatic heterocycles. The molecule has 0 aromatic carbocycles. The largest absolute Gasteiger partial charge is 1.00 e. The predicted octanol–water partition coefficient (Wildman–Crippen LogP) is -0.247. The predicted molar refractivity (Wildman–Crippen MR) is 58.6 cm³/mol. The minimum absolute atomic E-state index is 0. The number of halogens is 1. The van der Waals surface area contributed by atoms with Gasteiger partial charge in [0.2, 0.25) is 0 Å². The number of hydrogen-bond donors (Lipinski definition) is 0. The summed E-state index contributed by atoms with van der Waals surface area (Å²) in [7, 11) is 0. The van der Waals surface area contributed by atoms with Crippen LogP contribution in [0.2, 0.25) is 0 Å². The van der Waals surface area contributed by atoms with Crippen molar-refractivity contribution in [2.75, 3.05) is 26.2 Å². The molecule has 1 saturated heterocycles. The van der Waals surface area contributed by atoms with Crippen LogP contribution in [0.15, 0.2) is 24.3 Å². The highest BCUT2D eigenvalue weighted by Gasteiger charge is 2.34. The molecule has 82 valence electrons. The Labute approximate surface area is 98.9 Å². The van der Waals surface area contributed by atoms with Crippen LogP contribution in [0.5, 0.6) is 0 Å². The number of likely N-dealkylation sites (tertiary alicyclic amines) is 1. The summed E-state index contributed by atoms with van der Waals surface area (Å²) in [6, 6.07) is 0. The van der Waals surface area contributed by atoms with Crippen molar-refractivity contribution in [3.8, 4) is 0 Å². The highest BCUT2D eigenvalue weighted by Crippen LogP contribution is 2.27. The molecule has 0 radical (unpaired) electrons. The Morgan fingerprint density at radius 1 is 1.00 bits per heavy atom. The van der Waals surface area contributed by atoms with Crippen LogP contribution in [0.3, 0.4) is 0 Å². The lowest BCUT2D eigenvalue weighted by molar-refractivity contribution is -0.912. The second-order valence-corrected chi connectivity index (χ2v) is 4.31. The summed E-state index contributed by atoms with van der Waals surface area (Å²) in [6.07, 6.45) is 2.53. The molecule has 1 nitrogen and oxygen atoms in total. The van der Waals surface area contributed by atoms with Gasteiger partial charge < -0.3 is 21.5 Å². The van der Waals surface area contributed by atoms with Crippen LogP contribution >= 0.6 is 0 Å². The molecular formula is C12H22BrN. The molecule has 1 aliphatic rings. The first-order valence-electron chi connectivity index (χ1n) is 5.34. The number of quaternary nitrogens is 1. The van der Waals surface area contributed by atoms with E-state index in [-0.39, 0.29) is 17.0 Å². The summed E-state index contributed by atoms with van der Waals surface area (Å²) >= 11 is 0.